The molecule has 0 unspecified atom stereocenters. The molecule has 4 rings (SSSR count). The van der Waals surface area contributed by atoms with Crippen molar-refractivity contribution in [2.45, 2.75) is 122 Å². The summed E-state index contributed by atoms with van der Waals surface area (Å²) in [5.41, 5.74) is -1.40. The average Bonchev–Trinajstić information content (AvgIpc) is 3.15. The predicted molar refractivity (Wildman–Crippen MR) is 146 cm³/mol. The number of allylic oxidation sites excluding steroid dienone is 2. The molecular weight excluding hydrogens is 480 g/mol. The number of hydrogen-bond donors (Lipinski definition) is 2. The number of carbonyl (C=O) groups is 3. The highest BCUT2D eigenvalue weighted by Gasteiger charge is 2.68. The van der Waals surface area contributed by atoms with Gasteiger partial charge in [0.2, 0.25) is 5.78 Å². The maximum atomic E-state index is 13.4. The quantitative estimate of drug-likeness (QED) is 0.193. The van der Waals surface area contributed by atoms with Crippen molar-refractivity contribution in [1.29, 1.82) is 0 Å². The van der Waals surface area contributed by atoms with E-state index in [4.69, 9.17) is 4.74 Å². The van der Waals surface area contributed by atoms with Gasteiger partial charge in [-0.3, -0.25) is 14.4 Å². The summed E-state index contributed by atoms with van der Waals surface area (Å²) in [5, 5.41) is 23.3. The van der Waals surface area contributed by atoms with Crippen molar-refractivity contribution in [3.63, 3.8) is 0 Å². The molecule has 4 aliphatic rings. The second-order valence-electron chi connectivity index (χ2n) is 13.0. The second kappa shape index (κ2) is 11.8. The van der Waals surface area contributed by atoms with Gasteiger partial charge < -0.3 is 14.9 Å². The first-order valence-corrected chi connectivity index (χ1v) is 15.0. The van der Waals surface area contributed by atoms with Crippen LogP contribution in [0.2, 0.25) is 0 Å². The van der Waals surface area contributed by atoms with E-state index in [-0.39, 0.29) is 41.3 Å². The van der Waals surface area contributed by atoms with Gasteiger partial charge in [-0.15, -0.1) is 6.58 Å². The third-order valence-electron chi connectivity index (χ3n) is 10.9. The molecule has 38 heavy (non-hydrogen) atoms. The normalized spacial score (nSPS) is 38.0. The number of ketones is 2. The lowest BCUT2D eigenvalue weighted by Crippen LogP contribution is -2.62. The Kier molecular flexibility index (Phi) is 9.03. The molecule has 7 atom stereocenters. The molecule has 2 N–H and O–H groups in total. The fourth-order valence-corrected chi connectivity index (χ4v) is 8.75. The lowest BCUT2D eigenvalue weighted by molar-refractivity contribution is -0.184. The van der Waals surface area contributed by atoms with Gasteiger partial charge in [-0.05, 0) is 87.0 Å². The standard InChI is InChI=1S/C32H48O6/c1-4-5-6-7-8-9-10-11-12-28(36)38-21-27(35)32(37)18-16-25-24-14-13-22-19-23(33)15-17-30(22,2)29(24)26(34)20-31(25,32)3/h4,19,24-26,29,34,37H,1,5-18,20-21H2,2-3H3/t24-,25-,26-,29+,30-,31-,32-/m0/s1. The Bertz CT molecular complexity index is 954. The van der Waals surface area contributed by atoms with E-state index in [0.717, 1.165) is 64.2 Å². The summed E-state index contributed by atoms with van der Waals surface area (Å²) in [6.07, 6.45) is 15.1. The molecule has 0 saturated heterocycles. The van der Waals surface area contributed by atoms with Crippen molar-refractivity contribution in [2.75, 3.05) is 6.61 Å². The smallest absolute Gasteiger partial charge is 0.306 e. The lowest BCUT2D eigenvalue weighted by atomic mass is 9.45. The number of rotatable bonds is 12. The number of carbonyl (C=O) groups excluding carboxylic acids is 3. The molecule has 0 heterocycles. The van der Waals surface area contributed by atoms with Crippen molar-refractivity contribution in [2.24, 2.45) is 28.6 Å². The van der Waals surface area contributed by atoms with E-state index in [2.05, 4.69) is 13.5 Å². The average molecular weight is 529 g/mol. The van der Waals surface area contributed by atoms with Gasteiger partial charge in [0.05, 0.1) is 6.10 Å². The first-order chi connectivity index (χ1) is 18.1. The number of fused-ring (bicyclic) bond motifs is 5. The molecule has 0 radical (unpaired) electrons. The predicted octanol–water partition coefficient (Wildman–Crippen LogP) is 5.64. The van der Waals surface area contributed by atoms with Gasteiger partial charge in [0.25, 0.3) is 0 Å². The topological polar surface area (TPSA) is 101 Å². The van der Waals surface area contributed by atoms with E-state index in [1.165, 1.54) is 12.0 Å². The third kappa shape index (κ3) is 5.32. The van der Waals surface area contributed by atoms with Gasteiger partial charge in [-0.1, -0.05) is 51.2 Å². The van der Waals surface area contributed by atoms with Crippen LogP contribution in [0.4, 0.5) is 0 Å². The van der Waals surface area contributed by atoms with E-state index in [0.29, 0.717) is 19.3 Å². The summed E-state index contributed by atoms with van der Waals surface area (Å²) in [6.45, 7) is 7.48. The van der Waals surface area contributed by atoms with E-state index in [1.807, 2.05) is 19.1 Å². The van der Waals surface area contributed by atoms with Crippen LogP contribution in [-0.2, 0) is 19.1 Å². The van der Waals surface area contributed by atoms with Crippen molar-refractivity contribution in [3.05, 3.63) is 24.3 Å². The molecule has 4 aliphatic carbocycles. The Balaban J connectivity index is 1.33. The Morgan fingerprint density at radius 3 is 2.53 bits per heavy atom. The fourth-order valence-electron chi connectivity index (χ4n) is 8.75. The number of esters is 1. The molecule has 3 saturated carbocycles. The molecule has 0 bridgehead atoms. The summed E-state index contributed by atoms with van der Waals surface area (Å²) in [4.78, 5) is 37.8. The first kappa shape index (κ1) is 29.2. The number of aliphatic hydroxyl groups is 2. The van der Waals surface area contributed by atoms with Crippen LogP contribution in [0.1, 0.15) is 110 Å². The molecule has 0 aliphatic heterocycles. The molecule has 0 aromatic carbocycles. The molecular formula is C32H48O6. The fraction of sp³-hybridized carbons (Fsp3) is 0.781. The monoisotopic (exact) mass is 528 g/mol. The van der Waals surface area contributed by atoms with Gasteiger partial charge in [-0.2, -0.15) is 0 Å². The Morgan fingerprint density at radius 2 is 1.79 bits per heavy atom. The maximum Gasteiger partial charge on any atom is 0.306 e. The van der Waals surface area contributed by atoms with E-state index < -0.39 is 29.5 Å². The maximum absolute atomic E-state index is 13.4. The van der Waals surface area contributed by atoms with Crippen LogP contribution in [0.25, 0.3) is 0 Å². The van der Waals surface area contributed by atoms with Gasteiger partial charge in [0, 0.05) is 18.3 Å². The van der Waals surface area contributed by atoms with Crippen molar-refractivity contribution >= 4 is 17.5 Å². The van der Waals surface area contributed by atoms with Gasteiger partial charge in [-0.25, -0.2) is 0 Å². The van der Waals surface area contributed by atoms with Crippen molar-refractivity contribution in [1.82, 2.24) is 0 Å². The van der Waals surface area contributed by atoms with E-state index in [1.54, 1.807) is 0 Å². The van der Waals surface area contributed by atoms with Crippen LogP contribution in [0.3, 0.4) is 0 Å². The van der Waals surface area contributed by atoms with Crippen LogP contribution in [0.5, 0.6) is 0 Å². The summed E-state index contributed by atoms with van der Waals surface area (Å²) < 4.78 is 5.33. The Morgan fingerprint density at radius 1 is 1.08 bits per heavy atom. The second-order valence-corrected chi connectivity index (χ2v) is 13.0. The summed E-state index contributed by atoms with van der Waals surface area (Å²) in [6, 6.07) is 0. The molecule has 0 amide bonds. The summed E-state index contributed by atoms with van der Waals surface area (Å²) in [7, 11) is 0. The zero-order valence-corrected chi connectivity index (χ0v) is 23.5. The highest BCUT2D eigenvalue weighted by molar-refractivity contribution is 5.92. The highest BCUT2D eigenvalue weighted by Crippen LogP contribution is 2.67. The molecule has 6 nitrogen and oxygen atoms in total. The number of Topliss-reactive ketones (excluding diaryl/α,β-unsaturated/α-hetero) is 1. The summed E-state index contributed by atoms with van der Waals surface area (Å²) in [5.74, 6) is -0.298. The largest absolute Gasteiger partial charge is 0.458 e. The molecule has 212 valence electrons. The lowest BCUT2D eigenvalue weighted by Gasteiger charge is -2.60. The minimum Gasteiger partial charge on any atom is -0.458 e. The first-order valence-electron chi connectivity index (χ1n) is 15.0. The number of ether oxygens (including phenoxy) is 1. The minimum absolute atomic E-state index is 0.0333. The molecule has 3 fully saturated rings. The van der Waals surface area contributed by atoms with Crippen LogP contribution >= 0.6 is 0 Å². The highest BCUT2D eigenvalue weighted by atomic mass is 16.5. The summed E-state index contributed by atoms with van der Waals surface area (Å²) >= 11 is 0. The number of aliphatic hydroxyl groups excluding tert-OH is 1. The Hall–Kier alpha value is -1.79. The third-order valence-corrected chi connectivity index (χ3v) is 10.9. The molecule has 0 aromatic heterocycles. The number of hydrogen-bond acceptors (Lipinski definition) is 6. The van der Waals surface area contributed by atoms with Crippen LogP contribution in [-0.4, -0.2) is 46.1 Å². The van der Waals surface area contributed by atoms with Gasteiger partial charge in [0.1, 0.15) is 5.60 Å². The van der Waals surface area contributed by atoms with E-state index >= 15 is 0 Å². The molecule has 0 spiro atoms. The SMILES string of the molecule is C=CCCCCCCCCC(=O)OCC(=O)[C@@]1(O)CC[C@H]2[C@@H]3CCC4=CC(=O)CC[C@]4(C)[C@H]3[C@@H](O)C[C@@]21C. The van der Waals surface area contributed by atoms with E-state index in [9.17, 15) is 24.6 Å². The van der Waals surface area contributed by atoms with Crippen LogP contribution < -0.4 is 0 Å². The van der Waals surface area contributed by atoms with Crippen molar-refractivity contribution < 1.29 is 29.3 Å². The molecule has 0 aromatic rings. The van der Waals surface area contributed by atoms with Crippen LogP contribution in [0, 0.1) is 28.6 Å². The minimum atomic E-state index is -1.60. The van der Waals surface area contributed by atoms with Gasteiger partial charge >= 0.3 is 5.97 Å². The van der Waals surface area contributed by atoms with Gasteiger partial charge in [0.15, 0.2) is 12.4 Å². The zero-order valence-electron chi connectivity index (χ0n) is 23.5. The molecule has 6 heteroatoms. The number of unbranched alkanes of at least 4 members (excludes halogenated alkanes) is 6. The van der Waals surface area contributed by atoms with Crippen LogP contribution in [0.15, 0.2) is 24.3 Å². The zero-order chi connectivity index (χ0) is 27.6. The van der Waals surface area contributed by atoms with Crippen molar-refractivity contribution in [3.8, 4) is 0 Å². The Labute approximate surface area is 228 Å².